The highest BCUT2D eigenvalue weighted by Gasteiger charge is 2.29. The van der Waals surface area contributed by atoms with Crippen molar-refractivity contribution in [1.82, 2.24) is 4.90 Å². The van der Waals surface area contributed by atoms with E-state index in [4.69, 9.17) is 4.74 Å². The molecule has 1 aromatic carbocycles. The van der Waals surface area contributed by atoms with Crippen LogP contribution in [0.5, 0.6) is 0 Å². The molecule has 0 radical (unpaired) electrons. The summed E-state index contributed by atoms with van der Waals surface area (Å²) < 4.78 is 20.5. The zero-order chi connectivity index (χ0) is 22.0. The number of benzene rings is 1. The number of hydrogen-bond donors (Lipinski definition) is 1. The van der Waals surface area contributed by atoms with Gasteiger partial charge in [0.05, 0.1) is 22.8 Å². The van der Waals surface area contributed by atoms with Crippen LogP contribution in [0.3, 0.4) is 0 Å². The van der Waals surface area contributed by atoms with Crippen molar-refractivity contribution in [2.45, 2.75) is 38.9 Å². The fourth-order valence-corrected chi connectivity index (χ4v) is 5.05. The molecule has 31 heavy (non-hydrogen) atoms. The second-order valence-corrected chi connectivity index (χ2v) is 9.31. The predicted octanol–water partition coefficient (Wildman–Crippen LogP) is 3.99. The van der Waals surface area contributed by atoms with Gasteiger partial charge in [0.25, 0.3) is 5.91 Å². The molecular weight excluding hydrogens is 417 g/mol. The highest BCUT2D eigenvalue weighted by molar-refractivity contribution is 7.12. The fourth-order valence-electron chi connectivity index (χ4n) is 4.36. The van der Waals surface area contributed by atoms with Crippen LogP contribution < -0.4 is 10.2 Å². The van der Waals surface area contributed by atoms with Crippen LogP contribution in [-0.2, 0) is 9.53 Å². The third-order valence-corrected chi connectivity index (χ3v) is 6.72. The van der Waals surface area contributed by atoms with Gasteiger partial charge >= 0.3 is 0 Å². The zero-order valence-corrected chi connectivity index (χ0v) is 18.7. The van der Waals surface area contributed by atoms with E-state index in [2.05, 4.69) is 5.32 Å². The smallest absolute Gasteiger partial charge is 0.263 e. The SMILES string of the molecule is CC1CN(c2ccc(NC(=O)C3CCN(C(=O)c4cccs4)CC3)cc2F)CC(C)O1. The molecule has 1 N–H and O–H groups in total. The van der Waals surface area contributed by atoms with Crippen LogP contribution in [0.1, 0.15) is 36.4 Å². The average molecular weight is 446 g/mol. The molecule has 6 nitrogen and oxygen atoms in total. The number of carbonyl (C=O) groups excluding carboxylic acids is 2. The molecule has 4 rings (SSSR count). The standard InChI is InChI=1S/C23H28FN3O3S/c1-15-13-27(14-16(2)30-15)20-6-5-18(12-19(20)24)25-22(28)17-7-9-26(10-8-17)23(29)21-4-3-11-31-21/h3-6,11-12,15-17H,7-10,13-14H2,1-2H3,(H,25,28). The maximum Gasteiger partial charge on any atom is 0.263 e. The van der Waals surface area contributed by atoms with Gasteiger partial charge in [0, 0.05) is 37.8 Å². The number of anilines is 2. The van der Waals surface area contributed by atoms with E-state index in [-0.39, 0.29) is 35.8 Å². The molecule has 2 aliphatic rings. The second-order valence-electron chi connectivity index (χ2n) is 8.36. The lowest BCUT2D eigenvalue weighted by molar-refractivity contribution is -0.121. The molecular formula is C23H28FN3O3S. The minimum absolute atomic E-state index is 0.0262. The number of amides is 2. The van der Waals surface area contributed by atoms with Crippen molar-refractivity contribution in [3.8, 4) is 0 Å². The molecule has 0 spiro atoms. The van der Waals surface area contributed by atoms with Crippen molar-refractivity contribution in [3.63, 3.8) is 0 Å². The third kappa shape index (κ3) is 5.07. The topological polar surface area (TPSA) is 61.9 Å². The number of nitrogens with zero attached hydrogens (tertiary/aromatic N) is 2. The summed E-state index contributed by atoms with van der Waals surface area (Å²) in [5, 5.41) is 4.74. The molecule has 0 aliphatic carbocycles. The highest BCUT2D eigenvalue weighted by Crippen LogP contribution is 2.27. The van der Waals surface area contributed by atoms with Crippen molar-refractivity contribution >= 4 is 34.5 Å². The molecule has 2 aromatic rings. The lowest BCUT2D eigenvalue weighted by Crippen LogP contribution is -2.45. The minimum Gasteiger partial charge on any atom is -0.372 e. The lowest BCUT2D eigenvalue weighted by atomic mass is 9.95. The van der Waals surface area contributed by atoms with Gasteiger partial charge in [-0.3, -0.25) is 9.59 Å². The number of nitrogens with one attached hydrogen (secondary N) is 1. The summed E-state index contributed by atoms with van der Waals surface area (Å²) in [6.07, 6.45) is 1.29. The fraction of sp³-hybridized carbons (Fsp3) is 0.478. The van der Waals surface area contributed by atoms with Gasteiger partial charge in [-0.1, -0.05) is 6.07 Å². The summed E-state index contributed by atoms with van der Waals surface area (Å²) in [4.78, 5) is 29.7. The zero-order valence-electron chi connectivity index (χ0n) is 17.8. The van der Waals surface area contributed by atoms with E-state index < -0.39 is 0 Å². The van der Waals surface area contributed by atoms with E-state index in [0.717, 1.165) is 4.88 Å². The molecule has 0 saturated carbocycles. The first-order chi connectivity index (χ1) is 14.9. The van der Waals surface area contributed by atoms with E-state index in [1.165, 1.54) is 17.4 Å². The molecule has 2 unspecified atom stereocenters. The lowest BCUT2D eigenvalue weighted by Gasteiger charge is -2.37. The highest BCUT2D eigenvalue weighted by atomic mass is 32.1. The summed E-state index contributed by atoms with van der Waals surface area (Å²) in [6, 6.07) is 8.53. The van der Waals surface area contributed by atoms with E-state index in [1.807, 2.05) is 36.3 Å². The van der Waals surface area contributed by atoms with E-state index in [1.54, 1.807) is 17.0 Å². The Hall–Kier alpha value is -2.45. The van der Waals surface area contributed by atoms with Gasteiger partial charge in [-0.25, -0.2) is 4.39 Å². The first kappa shape index (κ1) is 21.8. The van der Waals surface area contributed by atoms with Gasteiger partial charge in [0.2, 0.25) is 5.91 Å². The molecule has 2 amide bonds. The van der Waals surface area contributed by atoms with Gasteiger partial charge in [-0.05, 0) is 56.3 Å². The molecule has 3 heterocycles. The molecule has 1 aromatic heterocycles. The molecule has 0 bridgehead atoms. The normalized spacial score (nSPS) is 22.4. The predicted molar refractivity (Wildman–Crippen MR) is 120 cm³/mol. The number of piperidine rings is 1. The third-order valence-electron chi connectivity index (χ3n) is 5.86. The Bertz CT molecular complexity index is 918. The first-order valence-electron chi connectivity index (χ1n) is 10.7. The molecule has 2 fully saturated rings. The van der Waals surface area contributed by atoms with Gasteiger partial charge in [0.1, 0.15) is 5.82 Å². The van der Waals surface area contributed by atoms with Crippen LogP contribution in [0.15, 0.2) is 35.7 Å². The molecule has 2 atom stereocenters. The first-order valence-corrected chi connectivity index (χ1v) is 11.6. The van der Waals surface area contributed by atoms with Crippen LogP contribution in [0.2, 0.25) is 0 Å². The van der Waals surface area contributed by atoms with Gasteiger partial charge in [0.15, 0.2) is 0 Å². The van der Waals surface area contributed by atoms with Gasteiger partial charge < -0.3 is 19.9 Å². The average Bonchev–Trinajstić information content (AvgIpc) is 3.27. The molecule has 8 heteroatoms. The van der Waals surface area contributed by atoms with Crippen LogP contribution in [-0.4, -0.2) is 55.1 Å². The molecule has 2 aliphatic heterocycles. The monoisotopic (exact) mass is 445 g/mol. The minimum atomic E-state index is -0.351. The number of morpholine rings is 1. The van der Waals surface area contributed by atoms with Crippen molar-refractivity contribution in [1.29, 1.82) is 0 Å². The number of hydrogen-bond acceptors (Lipinski definition) is 5. The maximum absolute atomic E-state index is 14.8. The summed E-state index contributed by atoms with van der Waals surface area (Å²) in [5.74, 6) is -0.631. The summed E-state index contributed by atoms with van der Waals surface area (Å²) in [5.41, 5.74) is 0.984. The Kier molecular flexibility index (Phi) is 6.57. The molecule has 166 valence electrons. The van der Waals surface area contributed by atoms with Gasteiger partial charge in [-0.2, -0.15) is 0 Å². The van der Waals surface area contributed by atoms with E-state index in [0.29, 0.717) is 50.4 Å². The Morgan fingerprint density at radius 3 is 2.45 bits per heavy atom. The number of likely N-dealkylation sites (tertiary alicyclic amines) is 1. The number of carbonyl (C=O) groups is 2. The Labute approximate surface area is 186 Å². The molecule has 2 saturated heterocycles. The van der Waals surface area contributed by atoms with Crippen LogP contribution in [0.25, 0.3) is 0 Å². The van der Waals surface area contributed by atoms with Crippen LogP contribution >= 0.6 is 11.3 Å². The Balaban J connectivity index is 1.33. The van der Waals surface area contributed by atoms with E-state index in [9.17, 15) is 14.0 Å². The second kappa shape index (κ2) is 9.36. The Morgan fingerprint density at radius 1 is 1.13 bits per heavy atom. The van der Waals surface area contributed by atoms with Crippen LogP contribution in [0, 0.1) is 11.7 Å². The number of ether oxygens (including phenoxy) is 1. The van der Waals surface area contributed by atoms with E-state index >= 15 is 0 Å². The number of rotatable bonds is 4. The summed E-state index contributed by atoms with van der Waals surface area (Å²) >= 11 is 1.43. The number of thiophene rings is 1. The summed E-state index contributed by atoms with van der Waals surface area (Å²) in [6.45, 7) is 6.33. The number of halogens is 1. The van der Waals surface area contributed by atoms with Crippen molar-refractivity contribution in [2.75, 3.05) is 36.4 Å². The van der Waals surface area contributed by atoms with Gasteiger partial charge in [-0.15, -0.1) is 11.3 Å². The quantitative estimate of drug-likeness (QED) is 0.773. The largest absolute Gasteiger partial charge is 0.372 e. The Morgan fingerprint density at radius 2 is 1.84 bits per heavy atom. The van der Waals surface area contributed by atoms with Crippen LogP contribution in [0.4, 0.5) is 15.8 Å². The van der Waals surface area contributed by atoms with Crippen molar-refractivity contribution in [2.24, 2.45) is 5.92 Å². The van der Waals surface area contributed by atoms with Crippen molar-refractivity contribution < 1.29 is 18.7 Å². The summed E-state index contributed by atoms with van der Waals surface area (Å²) in [7, 11) is 0. The van der Waals surface area contributed by atoms with Crippen molar-refractivity contribution in [3.05, 3.63) is 46.4 Å². The maximum atomic E-state index is 14.8.